The summed E-state index contributed by atoms with van der Waals surface area (Å²) in [6.45, 7) is 4.86. The predicted molar refractivity (Wildman–Crippen MR) is 85.7 cm³/mol. The van der Waals surface area contributed by atoms with E-state index in [0.29, 0.717) is 18.0 Å². The quantitative estimate of drug-likeness (QED) is 0.790. The molecule has 4 fully saturated rings. The van der Waals surface area contributed by atoms with Gasteiger partial charge in [0.25, 0.3) is 0 Å². The minimum atomic E-state index is 0.00589. The lowest BCUT2D eigenvalue weighted by Gasteiger charge is -2.59. The number of carbonyl (C=O) groups is 1. The SMILES string of the molecule is CCCC(CN)C(=O)NC(C)C12CC3CC(CC(C3)C1)C2. The van der Waals surface area contributed by atoms with E-state index in [4.69, 9.17) is 5.73 Å². The van der Waals surface area contributed by atoms with Crippen molar-refractivity contribution < 1.29 is 4.79 Å². The summed E-state index contributed by atoms with van der Waals surface area (Å²) < 4.78 is 0. The average Bonchev–Trinajstić information content (AvgIpc) is 2.43. The molecule has 0 radical (unpaired) electrons. The normalized spacial score (nSPS) is 40.0. The molecule has 120 valence electrons. The highest BCUT2D eigenvalue weighted by atomic mass is 16.2. The molecule has 4 aliphatic rings. The van der Waals surface area contributed by atoms with Gasteiger partial charge in [0.15, 0.2) is 0 Å². The average molecular weight is 292 g/mol. The molecule has 4 rings (SSSR count). The second kappa shape index (κ2) is 5.91. The fourth-order valence-electron chi connectivity index (χ4n) is 5.90. The number of hydrogen-bond acceptors (Lipinski definition) is 2. The monoisotopic (exact) mass is 292 g/mol. The maximum Gasteiger partial charge on any atom is 0.224 e. The molecule has 0 aromatic rings. The molecule has 3 heteroatoms. The molecule has 2 unspecified atom stereocenters. The Labute approximate surface area is 129 Å². The van der Waals surface area contributed by atoms with E-state index >= 15 is 0 Å². The zero-order chi connectivity index (χ0) is 15.0. The zero-order valence-corrected chi connectivity index (χ0v) is 13.7. The van der Waals surface area contributed by atoms with Crippen LogP contribution in [0.4, 0.5) is 0 Å². The third-order valence-electron chi connectivity index (χ3n) is 6.66. The summed E-state index contributed by atoms with van der Waals surface area (Å²) in [5, 5.41) is 3.35. The van der Waals surface area contributed by atoms with Gasteiger partial charge in [-0.1, -0.05) is 13.3 Å². The van der Waals surface area contributed by atoms with Crippen molar-refractivity contribution in [3.05, 3.63) is 0 Å². The maximum absolute atomic E-state index is 12.5. The summed E-state index contributed by atoms with van der Waals surface area (Å²) in [5.41, 5.74) is 6.18. The van der Waals surface area contributed by atoms with Crippen LogP contribution in [0.1, 0.15) is 65.2 Å². The molecule has 0 aliphatic heterocycles. The van der Waals surface area contributed by atoms with Crippen LogP contribution in [0.15, 0.2) is 0 Å². The number of rotatable bonds is 6. The Kier molecular flexibility index (Phi) is 4.31. The second-order valence-electron chi connectivity index (χ2n) is 8.23. The van der Waals surface area contributed by atoms with E-state index in [-0.39, 0.29) is 11.8 Å². The van der Waals surface area contributed by atoms with Crippen LogP contribution in [0, 0.1) is 29.1 Å². The minimum Gasteiger partial charge on any atom is -0.353 e. The summed E-state index contributed by atoms with van der Waals surface area (Å²) in [4.78, 5) is 12.5. The van der Waals surface area contributed by atoms with Crippen LogP contribution in [-0.2, 0) is 4.79 Å². The van der Waals surface area contributed by atoms with Crippen LogP contribution in [-0.4, -0.2) is 18.5 Å². The van der Waals surface area contributed by atoms with Crippen molar-refractivity contribution in [3.63, 3.8) is 0 Å². The van der Waals surface area contributed by atoms with Gasteiger partial charge in [-0.25, -0.2) is 0 Å². The van der Waals surface area contributed by atoms with Crippen molar-refractivity contribution in [1.82, 2.24) is 5.32 Å². The van der Waals surface area contributed by atoms with Crippen LogP contribution in [0.3, 0.4) is 0 Å². The Bertz CT molecular complexity index is 357. The zero-order valence-electron chi connectivity index (χ0n) is 13.7. The Hall–Kier alpha value is -0.570. The molecule has 0 aromatic heterocycles. The van der Waals surface area contributed by atoms with Gasteiger partial charge in [-0.05, 0) is 75.0 Å². The second-order valence-corrected chi connectivity index (χ2v) is 8.23. The summed E-state index contributed by atoms with van der Waals surface area (Å²) in [6, 6.07) is 0.323. The first-order valence-corrected chi connectivity index (χ1v) is 9.06. The van der Waals surface area contributed by atoms with Crippen LogP contribution >= 0.6 is 0 Å². The third-order valence-corrected chi connectivity index (χ3v) is 6.66. The standard InChI is InChI=1S/C18H32N2O/c1-3-4-16(11-19)17(21)20-12(2)18-8-13-5-14(9-18)7-15(6-13)10-18/h12-16H,3-11,19H2,1-2H3,(H,20,21). The highest BCUT2D eigenvalue weighted by Gasteiger charge is 2.53. The van der Waals surface area contributed by atoms with Gasteiger partial charge in [-0.3, -0.25) is 4.79 Å². The minimum absolute atomic E-state index is 0.00589. The van der Waals surface area contributed by atoms with Gasteiger partial charge >= 0.3 is 0 Å². The van der Waals surface area contributed by atoms with Gasteiger partial charge in [-0.15, -0.1) is 0 Å². The first-order valence-electron chi connectivity index (χ1n) is 9.06. The van der Waals surface area contributed by atoms with E-state index in [1.165, 1.54) is 38.5 Å². The molecule has 4 aliphatic carbocycles. The number of carbonyl (C=O) groups excluding carboxylic acids is 1. The number of hydrogen-bond donors (Lipinski definition) is 2. The molecular weight excluding hydrogens is 260 g/mol. The van der Waals surface area contributed by atoms with Crippen molar-refractivity contribution in [3.8, 4) is 0 Å². The van der Waals surface area contributed by atoms with Gasteiger partial charge < -0.3 is 11.1 Å². The van der Waals surface area contributed by atoms with Crippen LogP contribution in [0.2, 0.25) is 0 Å². The maximum atomic E-state index is 12.5. The van der Waals surface area contributed by atoms with E-state index < -0.39 is 0 Å². The molecule has 0 heterocycles. The largest absolute Gasteiger partial charge is 0.353 e. The lowest BCUT2D eigenvalue weighted by atomic mass is 9.48. The summed E-state index contributed by atoms with van der Waals surface area (Å²) in [7, 11) is 0. The van der Waals surface area contributed by atoms with Crippen molar-refractivity contribution in [2.45, 2.75) is 71.3 Å². The molecular formula is C18H32N2O. The summed E-state index contributed by atoms with van der Waals surface area (Å²) in [6.07, 6.45) is 10.4. The smallest absolute Gasteiger partial charge is 0.224 e. The van der Waals surface area contributed by atoms with E-state index in [1.807, 2.05) is 0 Å². The predicted octanol–water partition coefficient (Wildman–Crippen LogP) is 3.08. The van der Waals surface area contributed by atoms with E-state index in [2.05, 4.69) is 19.2 Å². The molecule has 0 spiro atoms. The molecule has 0 aromatic carbocycles. The molecule has 2 atom stereocenters. The van der Waals surface area contributed by atoms with Gasteiger partial charge in [0.05, 0.1) is 5.92 Å². The van der Waals surface area contributed by atoms with E-state index in [1.54, 1.807) is 0 Å². The Morgan fingerprint density at radius 1 is 1.19 bits per heavy atom. The third kappa shape index (κ3) is 2.86. The van der Waals surface area contributed by atoms with Gasteiger partial charge in [0, 0.05) is 12.6 Å². The summed E-state index contributed by atoms with van der Waals surface area (Å²) >= 11 is 0. The Morgan fingerprint density at radius 2 is 1.71 bits per heavy atom. The number of amides is 1. The molecule has 4 bridgehead atoms. The van der Waals surface area contributed by atoms with Gasteiger partial charge in [0.2, 0.25) is 5.91 Å². The molecule has 4 saturated carbocycles. The van der Waals surface area contributed by atoms with Crippen molar-refractivity contribution in [2.24, 2.45) is 34.8 Å². The van der Waals surface area contributed by atoms with Gasteiger partial charge in [0.1, 0.15) is 0 Å². The van der Waals surface area contributed by atoms with Crippen LogP contribution in [0.25, 0.3) is 0 Å². The van der Waals surface area contributed by atoms with Crippen molar-refractivity contribution in [2.75, 3.05) is 6.54 Å². The Balaban J connectivity index is 1.65. The highest BCUT2D eigenvalue weighted by Crippen LogP contribution is 2.61. The fraction of sp³-hybridized carbons (Fsp3) is 0.944. The lowest BCUT2D eigenvalue weighted by Crippen LogP contribution is -2.56. The highest BCUT2D eigenvalue weighted by molar-refractivity contribution is 5.79. The molecule has 3 N–H and O–H groups in total. The van der Waals surface area contributed by atoms with E-state index in [9.17, 15) is 4.79 Å². The summed E-state index contributed by atoms with van der Waals surface area (Å²) in [5.74, 6) is 3.03. The van der Waals surface area contributed by atoms with Crippen molar-refractivity contribution in [1.29, 1.82) is 0 Å². The number of nitrogens with two attached hydrogens (primary N) is 1. The number of nitrogens with one attached hydrogen (secondary N) is 1. The van der Waals surface area contributed by atoms with Crippen LogP contribution in [0.5, 0.6) is 0 Å². The van der Waals surface area contributed by atoms with Crippen LogP contribution < -0.4 is 11.1 Å². The van der Waals surface area contributed by atoms with E-state index in [0.717, 1.165) is 30.6 Å². The van der Waals surface area contributed by atoms with Gasteiger partial charge in [-0.2, -0.15) is 0 Å². The molecule has 21 heavy (non-hydrogen) atoms. The first kappa shape index (κ1) is 15.3. The Morgan fingerprint density at radius 3 is 2.14 bits per heavy atom. The topological polar surface area (TPSA) is 55.1 Å². The fourth-order valence-corrected chi connectivity index (χ4v) is 5.90. The molecule has 3 nitrogen and oxygen atoms in total. The molecule has 1 amide bonds. The lowest BCUT2D eigenvalue weighted by molar-refractivity contribution is -0.129. The first-order chi connectivity index (χ1) is 10.1. The molecule has 0 saturated heterocycles. The van der Waals surface area contributed by atoms with Crippen molar-refractivity contribution >= 4 is 5.91 Å².